The summed E-state index contributed by atoms with van der Waals surface area (Å²) >= 11 is 0. The summed E-state index contributed by atoms with van der Waals surface area (Å²) in [6.45, 7) is 0.721. The van der Waals surface area contributed by atoms with E-state index in [0.717, 1.165) is 30.0 Å². The molecule has 0 aliphatic heterocycles. The lowest BCUT2D eigenvalue weighted by Crippen LogP contribution is -2.14. The third-order valence-electron chi connectivity index (χ3n) is 4.18. The average molecular weight is 372 g/mol. The van der Waals surface area contributed by atoms with Gasteiger partial charge >= 0.3 is 0 Å². The van der Waals surface area contributed by atoms with Crippen molar-refractivity contribution in [1.82, 2.24) is 4.98 Å². The number of anilines is 2. The lowest BCUT2D eigenvalue weighted by Gasteiger charge is -2.10. The maximum Gasteiger partial charge on any atom is 0.274 e. The third kappa shape index (κ3) is 4.86. The molecular weight excluding hydrogens is 352 g/mol. The van der Waals surface area contributed by atoms with Crippen LogP contribution in [0.2, 0.25) is 0 Å². The molecule has 0 unspecified atom stereocenters. The van der Waals surface area contributed by atoms with Crippen molar-refractivity contribution in [2.24, 2.45) is 0 Å². The molecule has 2 N–H and O–H groups in total. The van der Waals surface area contributed by atoms with Gasteiger partial charge in [0.25, 0.3) is 5.91 Å². The number of nitrogens with zero attached hydrogens (tertiary/aromatic N) is 2. The van der Waals surface area contributed by atoms with Crippen LogP contribution in [0.1, 0.15) is 21.6 Å². The molecule has 0 aliphatic carbocycles. The highest BCUT2D eigenvalue weighted by atomic mass is 16.5. The molecule has 0 fully saturated rings. The summed E-state index contributed by atoms with van der Waals surface area (Å²) in [4.78, 5) is 16.5. The number of carbonyl (C=O) groups excluding carboxylic acids is 1. The fourth-order valence-electron chi connectivity index (χ4n) is 2.71. The summed E-state index contributed by atoms with van der Waals surface area (Å²) in [7, 11) is 1.66. The normalized spacial score (nSPS) is 10.0. The van der Waals surface area contributed by atoms with E-state index in [4.69, 9.17) is 10.00 Å². The molecule has 0 saturated heterocycles. The number of hydrogen-bond donors (Lipinski definition) is 2. The summed E-state index contributed by atoms with van der Waals surface area (Å²) < 4.78 is 5.35. The Balaban J connectivity index is 1.54. The average Bonchev–Trinajstić information content (AvgIpc) is 2.75. The smallest absolute Gasteiger partial charge is 0.274 e. The number of amides is 1. The molecule has 1 heterocycles. The van der Waals surface area contributed by atoms with Crippen LogP contribution in [0.3, 0.4) is 0 Å². The summed E-state index contributed by atoms with van der Waals surface area (Å²) in [5, 5.41) is 14.9. The second-order valence-electron chi connectivity index (χ2n) is 6.06. The van der Waals surface area contributed by atoms with Gasteiger partial charge in [0, 0.05) is 12.2 Å². The van der Waals surface area contributed by atoms with Gasteiger partial charge in [0.1, 0.15) is 11.4 Å². The van der Waals surface area contributed by atoms with Gasteiger partial charge in [-0.2, -0.15) is 5.26 Å². The molecule has 3 aromatic rings. The monoisotopic (exact) mass is 372 g/mol. The van der Waals surface area contributed by atoms with Crippen LogP contribution in [0.5, 0.6) is 5.75 Å². The number of ether oxygens (including phenoxy) is 1. The highest BCUT2D eigenvalue weighted by Crippen LogP contribution is 2.18. The van der Waals surface area contributed by atoms with Crippen LogP contribution in [0.25, 0.3) is 0 Å². The van der Waals surface area contributed by atoms with Gasteiger partial charge in [-0.1, -0.05) is 18.2 Å². The van der Waals surface area contributed by atoms with Crippen molar-refractivity contribution in [3.63, 3.8) is 0 Å². The second-order valence-corrected chi connectivity index (χ2v) is 6.06. The highest BCUT2D eigenvalue weighted by molar-refractivity contribution is 6.02. The SMILES string of the molecule is COc1ccccc1CCNc1ccc(C(=O)Nc2ccc(C#N)cc2)nc1. The first kappa shape index (κ1) is 18.9. The van der Waals surface area contributed by atoms with E-state index in [1.54, 1.807) is 43.6 Å². The molecule has 0 bridgehead atoms. The molecule has 0 spiro atoms. The number of carbonyl (C=O) groups is 1. The summed E-state index contributed by atoms with van der Waals surface area (Å²) in [6.07, 6.45) is 2.45. The van der Waals surface area contributed by atoms with Crippen LogP contribution in [0.4, 0.5) is 11.4 Å². The Morgan fingerprint density at radius 1 is 1.07 bits per heavy atom. The number of nitriles is 1. The van der Waals surface area contributed by atoms with E-state index in [9.17, 15) is 4.79 Å². The number of rotatable bonds is 7. The van der Waals surface area contributed by atoms with Crippen molar-refractivity contribution in [2.45, 2.75) is 6.42 Å². The van der Waals surface area contributed by atoms with Gasteiger partial charge in [0.05, 0.1) is 30.6 Å². The molecule has 6 heteroatoms. The Morgan fingerprint density at radius 2 is 1.82 bits per heavy atom. The number of hydrogen-bond acceptors (Lipinski definition) is 5. The fraction of sp³-hybridized carbons (Fsp3) is 0.136. The van der Waals surface area contributed by atoms with E-state index < -0.39 is 0 Å². The van der Waals surface area contributed by atoms with E-state index in [1.165, 1.54) is 0 Å². The minimum atomic E-state index is -0.301. The van der Waals surface area contributed by atoms with Crippen molar-refractivity contribution in [3.05, 3.63) is 83.7 Å². The Kier molecular flexibility index (Phi) is 6.21. The van der Waals surface area contributed by atoms with E-state index in [1.807, 2.05) is 36.4 Å². The number of para-hydroxylation sites is 1. The zero-order valence-corrected chi connectivity index (χ0v) is 15.5. The predicted molar refractivity (Wildman–Crippen MR) is 109 cm³/mol. The van der Waals surface area contributed by atoms with Crippen molar-refractivity contribution in [3.8, 4) is 11.8 Å². The highest BCUT2D eigenvalue weighted by Gasteiger charge is 2.08. The van der Waals surface area contributed by atoms with Crippen molar-refractivity contribution < 1.29 is 9.53 Å². The van der Waals surface area contributed by atoms with Gasteiger partial charge in [-0.15, -0.1) is 0 Å². The van der Waals surface area contributed by atoms with Crippen LogP contribution in [0.15, 0.2) is 66.9 Å². The van der Waals surface area contributed by atoms with Gasteiger partial charge in [-0.3, -0.25) is 4.79 Å². The Bertz CT molecular complexity index is 977. The van der Waals surface area contributed by atoms with E-state index in [2.05, 4.69) is 15.6 Å². The van der Waals surface area contributed by atoms with Gasteiger partial charge in [-0.25, -0.2) is 4.98 Å². The summed E-state index contributed by atoms with van der Waals surface area (Å²) in [6, 6.07) is 20.1. The fourth-order valence-corrected chi connectivity index (χ4v) is 2.71. The predicted octanol–water partition coefficient (Wildman–Crippen LogP) is 3.87. The molecule has 1 amide bonds. The molecule has 140 valence electrons. The standard InChI is InChI=1S/C22H20N4O2/c1-28-21-5-3-2-4-17(21)12-13-24-19-10-11-20(25-15-19)22(27)26-18-8-6-16(14-23)7-9-18/h2-11,15,24H,12-13H2,1H3,(H,26,27). The zero-order valence-electron chi connectivity index (χ0n) is 15.5. The van der Waals surface area contributed by atoms with Crippen molar-refractivity contribution in [1.29, 1.82) is 5.26 Å². The molecule has 28 heavy (non-hydrogen) atoms. The Labute approximate surface area is 163 Å². The Hall–Kier alpha value is -3.85. The summed E-state index contributed by atoms with van der Waals surface area (Å²) in [5.74, 6) is 0.572. The van der Waals surface area contributed by atoms with Gasteiger partial charge in [0.2, 0.25) is 0 Å². The minimum Gasteiger partial charge on any atom is -0.496 e. The molecule has 0 radical (unpaired) electrons. The van der Waals surface area contributed by atoms with Gasteiger partial charge in [-0.05, 0) is 54.4 Å². The first-order valence-electron chi connectivity index (χ1n) is 8.83. The molecule has 0 atom stereocenters. The van der Waals surface area contributed by atoms with E-state index in [-0.39, 0.29) is 5.91 Å². The number of methoxy groups -OCH3 is 1. The third-order valence-corrected chi connectivity index (χ3v) is 4.18. The van der Waals surface area contributed by atoms with Crippen LogP contribution in [0, 0.1) is 11.3 Å². The number of aromatic nitrogens is 1. The van der Waals surface area contributed by atoms with Crippen LogP contribution in [-0.2, 0) is 6.42 Å². The largest absolute Gasteiger partial charge is 0.496 e. The first-order chi connectivity index (χ1) is 13.7. The van der Waals surface area contributed by atoms with Crippen molar-refractivity contribution >= 4 is 17.3 Å². The molecule has 2 aromatic carbocycles. The number of nitrogens with one attached hydrogen (secondary N) is 2. The Morgan fingerprint density at radius 3 is 2.50 bits per heavy atom. The minimum absolute atomic E-state index is 0.301. The number of pyridine rings is 1. The van der Waals surface area contributed by atoms with E-state index in [0.29, 0.717) is 16.9 Å². The molecule has 6 nitrogen and oxygen atoms in total. The van der Waals surface area contributed by atoms with Gasteiger partial charge < -0.3 is 15.4 Å². The molecule has 3 rings (SSSR count). The topological polar surface area (TPSA) is 87.0 Å². The lowest BCUT2D eigenvalue weighted by atomic mass is 10.1. The molecule has 0 saturated carbocycles. The van der Waals surface area contributed by atoms with Crippen LogP contribution < -0.4 is 15.4 Å². The molecular formula is C22H20N4O2. The van der Waals surface area contributed by atoms with Crippen LogP contribution in [-0.4, -0.2) is 24.5 Å². The first-order valence-corrected chi connectivity index (χ1v) is 8.83. The maximum absolute atomic E-state index is 12.3. The van der Waals surface area contributed by atoms with Gasteiger partial charge in [0.15, 0.2) is 0 Å². The van der Waals surface area contributed by atoms with Crippen molar-refractivity contribution in [2.75, 3.05) is 24.3 Å². The quantitative estimate of drug-likeness (QED) is 0.657. The zero-order chi connectivity index (χ0) is 19.8. The summed E-state index contributed by atoms with van der Waals surface area (Å²) in [5.41, 5.74) is 3.44. The maximum atomic E-state index is 12.3. The van der Waals surface area contributed by atoms with E-state index >= 15 is 0 Å². The van der Waals surface area contributed by atoms with Crippen LogP contribution >= 0.6 is 0 Å². The second kappa shape index (κ2) is 9.19. The molecule has 1 aromatic heterocycles. The lowest BCUT2D eigenvalue weighted by molar-refractivity contribution is 0.102. The number of benzene rings is 2. The molecule has 0 aliphatic rings.